The quantitative estimate of drug-likeness (QED) is 0.641. The number of hydrogen-bond acceptors (Lipinski definition) is 3. The van der Waals surface area contributed by atoms with Gasteiger partial charge in [0.05, 0.1) is 12.4 Å². The molecular weight excluding hydrogens is 320 g/mol. The number of nitrogens with zero attached hydrogens (tertiary/aromatic N) is 2. The lowest BCUT2D eigenvalue weighted by molar-refractivity contribution is -0.137. The van der Waals surface area contributed by atoms with Crippen LogP contribution in [0.5, 0.6) is 0 Å². The van der Waals surface area contributed by atoms with E-state index in [1.54, 1.807) is 12.5 Å². The number of carbonyl (C=O) groups excluding carboxylic acids is 1. The molecule has 0 bridgehead atoms. The summed E-state index contributed by atoms with van der Waals surface area (Å²) in [5.41, 5.74) is 3.32. The predicted molar refractivity (Wildman–Crippen MR) is 94.3 cm³/mol. The molecule has 1 aromatic heterocycles. The minimum atomic E-state index is -0.865. The van der Waals surface area contributed by atoms with Gasteiger partial charge in [-0.2, -0.15) is 0 Å². The Labute approximate surface area is 147 Å². The molecule has 3 N–H and O–H groups in total. The number of aliphatic carboxylic acids is 1. The Hall–Kier alpha value is -2.83. The largest absolute Gasteiger partial charge is 0.481 e. The van der Waals surface area contributed by atoms with Crippen LogP contribution in [0.1, 0.15) is 35.6 Å². The molecule has 0 aliphatic heterocycles. The SMILES string of the molecule is Cc1ccc(C(Cn2ccnc2)NC(=O)NCCCC(=O)O)c(C)c1. The number of carboxylic acid groups (broad SMARTS) is 1. The summed E-state index contributed by atoms with van der Waals surface area (Å²) in [6.07, 6.45) is 5.70. The maximum Gasteiger partial charge on any atom is 0.315 e. The van der Waals surface area contributed by atoms with Crippen LogP contribution in [-0.2, 0) is 11.3 Å². The molecule has 25 heavy (non-hydrogen) atoms. The molecule has 0 saturated heterocycles. The number of carbonyl (C=O) groups is 2. The molecule has 134 valence electrons. The summed E-state index contributed by atoms with van der Waals surface area (Å²) in [5, 5.41) is 14.3. The van der Waals surface area contributed by atoms with Crippen LogP contribution in [-0.4, -0.2) is 33.2 Å². The topological polar surface area (TPSA) is 96.3 Å². The molecule has 0 spiro atoms. The van der Waals surface area contributed by atoms with Crippen LogP contribution in [0.4, 0.5) is 4.79 Å². The van der Waals surface area contributed by atoms with Crippen molar-refractivity contribution in [3.63, 3.8) is 0 Å². The van der Waals surface area contributed by atoms with E-state index >= 15 is 0 Å². The minimum absolute atomic E-state index is 0.0375. The molecule has 0 saturated carbocycles. The molecular formula is C18H24N4O3. The first-order valence-corrected chi connectivity index (χ1v) is 8.24. The summed E-state index contributed by atoms with van der Waals surface area (Å²) in [6.45, 7) is 4.94. The predicted octanol–water partition coefficient (Wildman–Crippen LogP) is 2.41. The van der Waals surface area contributed by atoms with E-state index in [4.69, 9.17) is 5.11 Å². The van der Waals surface area contributed by atoms with Gasteiger partial charge in [0.15, 0.2) is 0 Å². The van der Waals surface area contributed by atoms with Crippen molar-refractivity contribution >= 4 is 12.0 Å². The average Bonchev–Trinajstić information content (AvgIpc) is 3.04. The van der Waals surface area contributed by atoms with Gasteiger partial charge in [-0.15, -0.1) is 0 Å². The number of hydrogen-bond donors (Lipinski definition) is 3. The van der Waals surface area contributed by atoms with Gasteiger partial charge in [0.1, 0.15) is 0 Å². The molecule has 0 radical (unpaired) electrons. The van der Waals surface area contributed by atoms with Crippen molar-refractivity contribution in [1.29, 1.82) is 0 Å². The van der Waals surface area contributed by atoms with Gasteiger partial charge in [0.25, 0.3) is 0 Å². The second-order valence-corrected chi connectivity index (χ2v) is 6.07. The van der Waals surface area contributed by atoms with Gasteiger partial charge in [-0.25, -0.2) is 9.78 Å². The van der Waals surface area contributed by atoms with Gasteiger partial charge >= 0.3 is 12.0 Å². The van der Waals surface area contributed by atoms with Crippen LogP contribution in [0, 0.1) is 13.8 Å². The monoisotopic (exact) mass is 344 g/mol. The fraction of sp³-hybridized carbons (Fsp3) is 0.389. The van der Waals surface area contributed by atoms with E-state index in [1.807, 2.05) is 36.7 Å². The molecule has 7 heteroatoms. The molecule has 2 rings (SSSR count). The summed E-state index contributed by atoms with van der Waals surface area (Å²) in [6, 6.07) is 5.61. The third-order valence-electron chi connectivity index (χ3n) is 3.91. The third kappa shape index (κ3) is 5.95. The number of rotatable bonds is 8. The number of nitrogens with one attached hydrogen (secondary N) is 2. The zero-order chi connectivity index (χ0) is 18.2. The highest BCUT2D eigenvalue weighted by molar-refractivity contribution is 5.74. The highest BCUT2D eigenvalue weighted by atomic mass is 16.4. The van der Waals surface area contributed by atoms with Crippen molar-refractivity contribution in [3.8, 4) is 0 Å². The van der Waals surface area contributed by atoms with Crippen molar-refractivity contribution in [3.05, 3.63) is 53.6 Å². The smallest absolute Gasteiger partial charge is 0.315 e. The fourth-order valence-corrected chi connectivity index (χ4v) is 2.69. The summed E-state index contributed by atoms with van der Waals surface area (Å²) >= 11 is 0. The summed E-state index contributed by atoms with van der Waals surface area (Å²) in [5.74, 6) is -0.865. The van der Waals surface area contributed by atoms with E-state index in [-0.39, 0.29) is 18.5 Å². The van der Waals surface area contributed by atoms with Gasteiger partial charge in [0.2, 0.25) is 0 Å². The number of imidazole rings is 1. The number of aromatic nitrogens is 2. The van der Waals surface area contributed by atoms with Crippen LogP contribution in [0.25, 0.3) is 0 Å². The number of carboxylic acids is 1. The van der Waals surface area contributed by atoms with E-state index in [1.165, 1.54) is 5.56 Å². The van der Waals surface area contributed by atoms with Gasteiger partial charge in [0, 0.05) is 31.9 Å². The first kappa shape index (κ1) is 18.5. The third-order valence-corrected chi connectivity index (χ3v) is 3.91. The van der Waals surface area contributed by atoms with Crippen LogP contribution in [0.15, 0.2) is 36.9 Å². The van der Waals surface area contributed by atoms with E-state index in [0.717, 1.165) is 11.1 Å². The highest BCUT2D eigenvalue weighted by Crippen LogP contribution is 2.20. The number of aryl methyl sites for hydroxylation is 2. The van der Waals surface area contributed by atoms with Crippen LogP contribution in [0.3, 0.4) is 0 Å². The normalized spacial score (nSPS) is 11.8. The molecule has 0 aliphatic rings. The Balaban J connectivity index is 2.04. The standard InChI is InChI=1S/C18H24N4O3/c1-13-5-6-15(14(2)10-13)16(11-22-9-8-19-12-22)21-18(25)20-7-3-4-17(23)24/h5-6,8-10,12,16H,3-4,7,11H2,1-2H3,(H,23,24)(H2,20,21,25). The number of amides is 2. The average molecular weight is 344 g/mol. The molecule has 2 amide bonds. The second kappa shape index (κ2) is 8.86. The Morgan fingerprint density at radius 2 is 2.12 bits per heavy atom. The summed E-state index contributed by atoms with van der Waals surface area (Å²) < 4.78 is 1.91. The van der Waals surface area contributed by atoms with Crippen LogP contribution in [0.2, 0.25) is 0 Å². The number of urea groups is 1. The fourth-order valence-electron chi connectivity index (χ4n) is 2.69. The van der Waals surface area contributed by atoms with Crippen molar-refractivity contribution in [2.75, 3.05) is 6.54 Å². The van der Waals surface area contributed by atoms with Crippen LogP contribution < -0.4 is 10.6 Å². The van der Waals surface area contributed by atoms with Crippen molar-refractivity contribution in [1.82, 2.24) is 20.2 Å². The lowest BCUT2D eigenvalue weighted by Gasteiger charge is -2.22. The number of benzene rings is 1. The maximum atomic E-state index is 12.2. The maximum absolute atomic E-state index is 12.2. The molecule has 0 aliphatic carbocycles. The second-order valence-electron chi connectivity index (χ2n) is 6.07. The Morgan fingerprint density at radius 1 is 1.32 bits per heavy atom. The van der Waals surface area contributed by atoms with Crippen molar-refractivity contribution < 1.29 is 14.7 Å². The zero-order valence-electron chi connectivity index (χ0n) is 14.5. The first-order valence-electron chi connectivity index (χ1n) is 8.24. The summed E-state index contributed by atoms with van der Waals surface area (Å²) in [4.78, 5) is 26.7. The Morgan fingerprint density at radius 3 is 2.76 bits per heavy atom. The minimum Gasteiger partial charge on any atom is -0.481 e. The molecule has 0 fully saturated rings. The van der Waals surface area contributed by atoms with Gasteiger partial charge in [-0.05, 0) is 31.4 Å². The lowest BCUT2D eigenvalue weighted by atomic mass is 9.99. The van der Waals surface area contributed by atoms with Gasteiger partial charge in [-0.3, -0.25) is 4.79 Å². The molecule has 7 nitrogen and oxygen atoms in total. The van der Waals surface area contributed by atoms with Crippen molar-refractivity contribution in [2.24, 2.45) is 0 Å². The van der Waals surface area contributed by atoms with E-state index in [9.17, 15) is 9.59 Å². The zero-order valence-corrected chi connectivity index (χ0v) is 14.5. The first-order chi connectivity index (χ1) is 12.0. The molecule has 2 aromatic rings. The Bertz CT molecular complexity index is 713. The van der Waals surface area contributed by atoms with Gasteiger partial charge in [-0.1, -0.05) is 23.8 Å². The molecule has 1 unspecified atom stereocenters. The molecule has 1 atom stereocenters. The van der Waals surface area contributed by atoms with Crippen molar-refractivity contribution in [2.45, 2.75) is 39.3 Å². The summed E-state index contributed by atoms with van der Waals surface area (Å²) in [7, 11) is 0. The van der Waals surface area contributed by atoms with E-state index in [0.29, 0.717) is 19.5 Å². The van der Waals surface area contributed by atoms with Gasteiger partial charge < -0.3 is 20.3 Å². The molecule has 1 heterocycles. The van der Waals surface area contributed by atoms with Crippen LogP contribution >= 0.6 is 0 Å². The van der Waals surface area contributed by atoms with E-state index in [2.05, 4.69) is 21.7 Å². The Kier molecular flexibility index (Phi) is 6.56. The van der Waals surface area contributed by atoms with E-state index < -0.39 is 5.97 Å². The highest BCUT2D eigenvalue weighted by Gasteiger charge is 2.17. The lowest BCUT2D eigenvalue weighted by Crippen LogP contribution is -2.40. The molecule has 1 aromatic carbocycles.